The van der Waals surface area contributed by atoms with Gasteiger partial charge in [-0.05, 0) is 50.5 Å². The van der Waals surface area contributed by atoms with Crippen molar-refractivity contribution in [3.05, 3.63) is 65.7 Å². The summed E-state index contributed by atoms with van der Waals surface area (Å²) in [5.41, 5.74) is 0.370. The first kappa shape index (κ1) is 40.0. The third-order valence-corrected chi connectivity index (χ3v) is 7.56. The van der Waals surface area contributed by atoms with Crippen molar-refractivity contribution in [2.75, 3.05) is 25.1 Å². The van der Waals surface area contributed by atoms with Gasteiger partial charge in [0.25, 0.3) is 0 Å². The average molecular weight is 706 g/mol. The largest absolute Gasteiger partial charge is 0.508 e. The standard InChI is InChI=1S/C32H43N5O11S/c1-32(2,3)48-31(45)37-24(17-21-10-12-22(38)13-11-21)28(41)34-18-26(39)33-19-27(40)35-25(16-20-8-6-5-7-9-20)29(42)36-23(30(43)44)14-15-49(4,46)47/h5-13,23-25,38H,14-19H2,1-4H3,(H,33,39)(H,34,41)(H,35,40)(H,36,42)(H,37,45)(H,43,44)/t23-,24-,25-/m0/s1. The van der Waals surface area contributed by atoms with Gasteiger partial charge in [-0.3, -0.25) is 19.2 Å². The first-order valence-corrected chi connectivity index (χ1v) is 17.2. The van der Waals surface area contributed by atoms with Crippen LogP contribution in [0.3, 0.4) is 0 Å². The topological polar surface area (TPSA) is 246 Å². The zero-order valence-corrected chi connectivity index (χ0v) is 28.5. The van der Waals surface area contributed by atoms with Gasteiger partial charge in [0.15, 0.2) is 0 Å². The number of aromatic hydroxyl groups is 1. The van der Waals surface area contributed by atoms with Gasteiger partial charge in [-0.2, -0.15) is 0 Å². The predicted octanol–water partition coefficient (Wildman–Crippen LogP) is -0.208. The number of carbonyl (C=O) groups is 6. The number of hydrogen-bond donors (Lipinski definition) is 7. The summed E-state index contributed by atoms with van der Waals surface area (Å²) >= 11 is 0. The SMILES string of the molecule is CC(C)(C)OC(=O)N[C@@H](Cc1ccc(O)cc1)C(=O)NCC(=O)NCC(=O)N[C@@H](Cc1ccccc1)C(=O)N[C@@H](CCS(C)(=O)=O)C(=O)O. The maximum atomic E-state index is 13.1. The van der Waals surface area contributed by atoms with Crippen LogP contribution in [0.5, 0.6) is 5.75 Å². The number of rotatable bonds is 17. The van der Waals surface area contributed by atoms with Crippen LogP contribution in [0.1, 0.15) is 38.3 Å². The molecule has 0 saturated heterocycles. The van der Waals surface area contributed by atoms with E-state index >= 15 is 0 Å². The van der Waals surface area contributed by atoms with Gasteiger partial charge >= 0.3 is 12.1 Å². The lowest BCUT2D eigenvalue weighted by Crippen LogP contribution is -2.54. The number of phenols is 1. The van der Waals surface area contributed by atoms with E-state index < -0.39 is 94.5 Å². The summed E-state index contributed by atoms with van der Waals surface area (Å²) in [5.74, 6) is -5.14. The Bertz CT molecular complexity index is 1580. The van der Waals surface area contributed by atoms with Crippen molar-refractivity contribution in [3.63, 3.8) is 0 Å². The number of amides is 5. The van der Waals surface area contributed by atoms with E-state index in [1.165, 1.54) is 12.1 Å². The molecular formula is C32H43N5O11S. The molecule has 16 nitrogen and oxygen atoms in total. The minimum Gasteiger partial charge on any atom is -0.508 e. The van der Waals surface area contributed by atoms with Crippen LogP contribution in [0.4, 0.5) is 4.79 Å². The van der Waals surface area contributed by atoms with Crippen molar-refractivity contribution >= 4 is 45.5 Å². The number of phenolic OH excluding ortho intramolecular Hbond substituents is 1. The normalized spacial score (nSPS) is 13.1. The number of carboxylic acid groups (broad SMARTS) is 1. The Morgan fingerprint density at radius 2 is 1.29 bits per heavy atom. The van der Waals surface area contributed by atoms with Crippen molar-refractivity contribution in [1.82, 2.24) is 26.6 Å². The van der Waals surface area contributed by atoms with E-state index in [0.717, 1.165) is 6.26 Å². The minimum atomic E-state index is -3.52. The van der Waals surface area contributed by atoms with Crippen LogP contribution < -0.4 is 26.6 Å². The van der Waals surface area contributed by atoms with Gasteiger partial charge in [-0.25, -0.2) is 18.0 Å². The van der Waals surface area contributed by atoms with Crippen molar-refractivity contribution in [3.8, 4) is 5.75 Å². The number of aliphatic carboxylic acids is 1. The average Bonchev–Trinajstić information content (AvgIpc) is 3.00. The molecule has 0 radical (unpaired) electrons. The van der Waals surface area contributed by atoms with E-state index in [9.17, 15) is 47.4 Å². The molecule has 0 bridgehead atoms. The van der Waals surface area contributed by atoms with Crippen molar-refractivity contribution in [2.45, 2.75) is 63.8 Å². The Morgan fingerprint density at radius 3 is 1.84 bits per heavy atom. The van der Waals surface area contributed by atoms with Crippen LogP contribution in [0, 0.1) is 0 Å². The summed E-state index contributed by atoms with van der Waals surface area (Å²) in [7, 11) is -3.52. The second-order valence-electron chi connectivity index (χ2n) is 12.2. The molecule has 3 atom stereocenters. The first-order valence-electron chi connectivity index (χ1n) is 15.2. The molecule has 0 fully saturated rings. The summed E-state index contributed by atoms with van der Waals surface area (Å²) in [4.78, 5) is 75.4. The highest BCUT2D eigenvalue weighted by molar-refractivity contribution is 7.90. The molecule has 17 heteroatoms. The summed E-state index contributed by atoms with van der Waals surface area (Å²) in [6, 6.07) is 10.4. The fraction of sp³-hybridized carbons (Fsp3) is 0.438. The van der Waals surface area contributed by atoms with Gasteiger partial charge in [-0.15, -0.1) is 0 Å². The van der Waals surface area contributed by atoms with E-state index in [1.54, 1.807) is 63.2 Å². The molecule has 0 aliphatic rings. The summed E-state index contributed by atoms with van der Waals surface area (Å²) in [5, 5.41) is 30.9. The molecule has 0 spiro atoms. The molecule has 268 valence electrons. The van der Waals surface area contributed by atoms with Crippen LogP contribution in [0.2, 0.25) is 0 Å². The van der Waals surface area contributed by atoms with Crippen LogP contribution in [-0.4, -0.2) is 103 Å². The molecule has 0 aromatic heterocycles. The van der Waals surface area contributed by atoms with E-state index in [4.69, 9.17) is 4.74 Å². The van der Waals surface area contributed by atoms with E-state index in [0.29, 0.717) is 11.1 Å². The Kier molecular flexibility index (Phi) is 15.0. The Hall–Kier alpha value is -5.19. The maximum absolute atomic E-state index is 13.1. The number of carbonyl (C=O) groups excluding carboxylic acids is 5. The van der Waals surface area contributed by atoms with Crippen LogP contribution in [0.25, 0.3) is 0 Å². The molecule has 2 aromatic carbocycles. The maximum Gasteiger partial charge on any atom is 0.408 e. The van der Waals surface area contributed by atoms with E-state index in [2.05, 4.69) is 26.6 Å². The lowest BCUT2D eigenvalue weighted by atomic mass is 10.0. The van der Waals surface area contributed by atoms with Crippen molar-refractivity contribution in [1.29, 1.82) is 0 Å². The zero-order valence-electron chi connectivity index (χ0n) is 27.6. The molecule has 0 heterocycles. The summed E-state index contributed by atoms with van der Waals surface area (Å²) in [6.07, 6.45) is -0.378. The highest BCUT2D eigenvalue weighted by Crippen LogP contribution is 2.13. The lowest BCUT2D eigenvalue weighted by molar-refractivity contribution is -0.142. The van der Waals surface area contributed by atoms with Gasteiger partial charge < -0.3 is 41.5 Å². The number of carboxylic acids is 1. The van der Waals surface area contributed by atoms with Gasteiger partial charge in [-0.1, -0.05) is 42.5 Å². The highest BCUT2D eigenvalue weighted by atomic mass is 32.2. The second-order valence-corrected chi connectivity index (χ2v) is 14.5. The Labute approximate surface area is 284 Å². The van der Waals surface area contributed by atoms with Crippen molar-refractivity contribution < 1.29 is 52.1 Å². The molecule has 7 N–H and O–H groups in total. The number of hydrogen-bond acceptors (Lipinski definition) is 10. The number of nitrogens with one attached hydrogen (secondary N) is 5. The number of sulfone groups is 1. The third-order valence-electron chi connectivity index (χ3n) is 6.58. The molecule has 0 aliphatic carbocycles. The van der Waals surface area contributed by atoms with Gasteiger partial charge in [0.1, 0.15) is 39.3 Å². The molecular weight excluding hydrogens is 662 g/mol. The van der Waals surface area contributed by atoms with Crippen LogP contribution in [0.15, 0.2) is 54.6 Å². The fourth-order valence-corrected chi connectivity index (χ4v) is 4.89. The van der Waals surface area contributed by atoms with Crippen LogP contribution in [-0.2, 0) is 51.4 Å². The molecule has 0 saturated carbocycles. The monoisotopic (exact) mass is 705 g/mol. The quantitative estimate of drug-likeness (QED) is 0.114. The molecule has 0 aliphatic heterocycles. The van der Waals surface area contributed by atoms with Crippen LogP contribution >= 0.6 is 0 Å². The number of alkyl carbamates (subject to hydrolysis) is 1. The molecule has 49 heavy (non-hydrogen) atoms. The predicted molar refractivity (Wildman–Crippen MR) is 177 cm³/mol. The van der Waals surface area contributed by atoms with Gasteiger partial charge in [0, 0.05) is 19.1 Å². The van der Waals surface area contributed by atoms with Gasteiger partial charge in [0.05, 0.1) is 18.8 Å². The highest BCUT2D eigenvalue weighted by Gasteiger charge is 2.28. The fourth-order valence-electron chi connectivity index (χ4n) is 4.22. The first-order chi connectivity index (χ1) is 22.8. The molecule has 2 aromatic rings. The smallest absolute Gasteiger partial charge is 0.408 e. The number of benzene rings is 2. The Morgan fingerprint density at radius 1 is 0.735 bits per heavy atom. The zero-order chi connectivity index (χ0) is 36.8. The van der Waals surface area contributed by atoms with E-state index in [-0.39, 0.29) is 18.6 Å². The summed E-state index contributed by atoms with van der Waals surface area (Å²) < 4.78 is 28.3. The molecule has 2 rings (SSSR count). The van der Waals surface area contributed by atoms with Gasteiger partial charge in [0.2, 0.25) is 23.6 Å². The van der Waals surface area contributed by atoms with Crippen molar-refractivity contribution in [2.24, 2.45) is 0 Å². The minimum absolute atomic E-state index is 0.00274. The third kappa shape index (κ3) is 16.5. The molecule has 5 amide bonds. The second kappa shape index (κ2) is 18.4. The Balaban J connectivity index is 2.02. The summed E-state index contributed by atoms with van der Waals surface area (Å²) in [6.45, 7) is 3.74. The van der Waals surface area contributed by atoms with E-state index in [1.807, 2.05) is 0 Å². The lowest BCUT2D eigenvalue weighted by Gasteiger charge is -2.23. The number of ether oxygens (including phenoxy) is 1. The molecule has 0 unspecified atom stereocenters.